The molecule has 0 saturated carbocycles. The summed E-state index contributed by atoms with van der Waals surface area (Å²) in [7, 11) is 3.16. The van der Waals surface area contributed by atoms with Crippen LogP contribution in [0, 0.1) is 0 Å². The fraction of sp³-hybridized carbons (Fsp3) is 0.240. The Labute approximate surface area is 182 Å². The van der Waals surface area contributed by atoms with Crippen LogP contribution in [-0.4, -0.2) is 32.8 Å². The molecule has 0 aliphatic carbocycles. The predicted molar refractivity (Wildman–Crippen MR) is 121 cm³/mol. The molecule has 160 valence electrons. The number of carbonyl (C=O) groups is 1. The minimum absolute atomic E-state index is 0.0948. The number of nitrogens with one attached hydrogen (secondary N) is 1. The van der Waals surface area contributed by atoms with Gasteiger partial charge >= 0.3 is 0 Å². The number of fused-ring (bicyclic) bond motifs is 1. The van der Waals surface area contributed by atoms with Gasteiger partial charge in [-0.25, -0.2) is 0 Å². The molecule has 1 heterocycles. The van der Waals surface area contributed by atoms with E-state index < -0.39 is 0 Å². The molecule has 6 nitrogen and oxygen atoms in total. The molecule has 3 aromatic rings. The first-order valence-corrected chi connectivity index (χ1v) is 10.2. The zero-order chi connectivity index (χ0) is 21.6. The molecule has 1 amide bonds. The van der Waals surface area contributed by atoms with Gasteiger partial charge in [-0.1, -0.05) is 42.5 Å². The molecule has 0 unspecified atom stereocenters. The Kier molecular flexibility index (Phi) is 6.26. The highest BCUT2D eigenvalue weighted by Crippen LogP contribution is 2.35. The number of para-hydroxylation sites is 2. The lowest BCUT2D eigenvalue weighted by Gasteiger charge is -2.38. The molecular formula is C25H26N2O4. The molecule has 0 bridgehead atoms. The first-order valence-electron chi connectivity index (χ1n) is 10.2. The van der Waals surface area contributed by atoms with Gasteiger partial charge in [0.15, 0.2) is 0 Å². The Balaban J connectivity index is 1.53. The monoisotopic (exact) mass is 418 g/mol. The lowest BCUT2D eigenvalue weighted by molar-refractivity contribution is -0.116. The smallest absolute Gasteiger partial charge is 0.226 e. The van der Waals surface area contributed by atoms with Gasteiger partial charge in [0.1, 0.15) is 23.9 Å². The summed E-state index contributed by atoms with van der Waals surface area (Å²) in [5, 5.41) is 2.97. The summed E-state index contributed by atoms with van der Waals surface area (Å²) in [6.07, 6.45) is 0.292. The molecule has 0 spiro atoms. The Morgan fingerprint density at radius 1 is 1.00 bits per heavy atom. The number of rotatable bonds is 7. The maximum atomic E-state index is 12.9. The zero-order valence-corrected chi connectivity index (χ0v) is 17.7. The SMILES string of the molecule is COc1cc(NC(=O)C[C@H]2COc3ccccc3N2Cc2ccccc2)cc(OC)c1. The van der Waals surface area contributed by atoms with E-state index in [2.05, 4.69) is 22.3 Å². The van der Waals surface area contributed by atoms with Crippen molar-refractivity contribution in [3.05, 3.63) is 78.4 Å². The number of ether oxygens (including phenoxy) is 3. The third kappa shape index (κ3) is 4.91. The van der Waals surface area contributed by atoms with Crippen LogP contribution in [0.1, 0.15) is 12.0 Å². The van der Waals surface area contributed by atoms with E-state index in [9.17, 15) is 4.79 Å². The van der Waals surface area contributed by atoms with E-state index in [4.69, 9.17) is 14.2 Å². The lowest BCUT2D eigenvalue weighted by Crippen LogP contribution is -2.44. The van der Waals surface area contributed by atoms with Crippen molar-refractivity contribution in [2.24, 2.45) is 0 Å². The molecular weight excluding hydrogens is 392 g/mol. The Bertz CT molecular complexity index is 1020. The van der Waals surface area contributed by atoms with Gasteiger partial charge in [-0.3, -0.25) is 4.79 Å². The van der Waals surface area contributed by atoms with Crippen LogP contribution in [0.3, 0.4) is 0 Å². The molecule has 3 aromatic carbocycles. The molecule has 0 fully saturated rings. The van der Waals surface area contributed by atoms with Crippen molar-refractivity contribution < 1.29 is 19.0 Å². The van der Waals surface area contributed by atoms with Crippen LogP contribution in [0.15, 0.2) is 72.8 Å². The van der Waals surface area contributed by atoms with Crippen molar-refractivity contribution in [1.82, 2.24) is 0 Å². The summed E-state index contributed by atoms with van der Waals surface area (Å²) < 4.78 is 16.6. The van der Waals surface area contributed by atoms with E-state index in [1.54, 1.807) is 32.4 Å². The number of benzene rings is 3. The molecule has 4 rings (SSSR count). The van der Waals surface area contributed by atoms with E-state index in [1.807, 2.05) is 42.5 Å². The summed E-state index contributed by atoms with van der Waals surface area (Å²) in [5.74, 6) is 1.99. The lowest BCUT2D eigenvalue weighted by atomic mass is 10.1. The van der Waals surface area contributed by atoms with Crippen LogP contribution in [0.4, 0.5) is 11.4 Å². The van der Waals surface area contributed by atoms with Crippen molar-refractivity contribution in [3.63, 3.8) is 0 Å². The molecule has 1 N–H and O–H groups in total. The fourth-order valence-corrected chi connectivity index (χ4v) is 3.76. The Hall–Kier alpha value is -3.67. The maximum absolute atomic E-state index is 12.9. The molecule has 1 aliphatic rings. The topological polar surface area (TPSA) is 60.0 Å². The van der Waals surface area contributed by atoms with Crippen molar-refractivity contribution in [1.29, 1.82) is 0 Å². The van der Waals surface area contributed by atoms with Crippen LogP contribution >= 0.6 is 0 Å². The molecule has 1 aliphatic heterocycles. The molecule has 1 atom stereocenters. The molecule has 0 aromatic heterocycles. The molecule has 0 saturated heterocycles. The third-order valence-electron chi connectivity index (χ3n) is 5.30. The van der Waals surface area contributed by atoms with Gasteiger partial charge in [0.05, 0.1) is 32.4 Å². The van der Waals surface area contributed by atoms with E-state index in [0.717, 1.165) is 11.4 Å². The van der Waals surface area contributed by atoms with Gasteiger partial charge in [0.25, 0.3) is 0 Å². The minimum atomic E-state index is -0.0960. The molecule has 0 radical (unpaired) electrons. The molecule has 31 heavy (non-hydrogen) atoms. The number of hydrogen-bond donors (Lipinski definition) is 1. The standard InChI is InChI=1S/C25H26N2O4/c1-29-21-12-19(13-22(15-21)30-2)26-25(28)14-20-17-31-24-11-7-6-10-23(24)27(20)16-18-8-4-3-5-9-18/h3-13,15,20H,14,16-17H2,1-2H3,(H,26,28)/t20-/m0/s1. The van der Waals surface area contributed by atoms with Crippen LogP contribution in [0.2, 0.25) is 0 Å². The number of nitrogens with zero attached hydrogens (tertiary/aromatic N) is 1. The predicted octanol–water partition coefficient (Wildman–Crippen LogP) is 4.50. The summed E-state index contributed by atoms with van der Waals surface area (Å²) in [4.78, 5) is 15.2. The van der Waals surface area contributed by atoms with Crippen LogP contribution in [0.25, 0.3) is 0 Å². The van der Waals surface area contributed by atoms with E-state index in [1.165, 1.54) is 5.56 Å². The second kappa shape index (κ2) is 9.43. The van der Waals surface area contributed by atoms with Crippen molar-refractivity contribution in [3.8, 4) is 17.2 Å². The first-order chi connectivity index (χ1) is 15.2. The number of hydrogen-bond acceptors (Lipinski definition) is 5. The van der Waals surface area contributed by atoms with Crippen molar-refractivity contribution >= 4 is 17.3 Å². The van der Waals surface area contributed by atoms with Gasteiger partial charge in [0.2, 0.25) is 5.91 Å². The second-order valence-corrected chi connectivity index (χ2v) is 7.40. The van der Waals surface area contributed by atoms with E-state index in [0.29, 0.717) is 36.8 Å². The van der Waals surface area contributed by atoms with Crippen LogP contribution < -0.4 is 24.4 Å². The van der Waals surface area contributed by atoms with Gasteiger partial charge in [0, 0.05) is 30.4 Å². The fourth-order valence-electron chi connectivity index (χ4n) is 3.76. The summed E-state index contributed by atoms with van der Waals surface area (Å²) >= 11 is 0. The first kappa shape index (κ1) is 20.6. The highest BCUT2D eigenvalue weighted by atomic mass is 16.5. The average Bonchev–Trinajstić information content (AvgIpc) is 2.81. The van der Waals surface area contributed by atoms with Gasteiger partial charge < -0.3 is 24.4 Å². The Morgan fingerprint density at radius 2 is 1.68 bits per heavy atom. The average molecular weight is 418 g/mol. The molecule has 6 heteroatoms. The summed E-state index contributed by atoms with van der Waals surface area (Å²) in [6.45, 7) is 1.14. The second-order valence-electron chi connectivity index (χ2n) is 7.40. The van der Waals surface area contributed by atoms with Gasteiger partial charge in [-0.15, -0.1) is 0 Å². The number of anilines is 2. The normalized spacial score (nSPS) is 14.9. The Morgan fingerprint density at radius 3 is 2.39 bits per heavy atom. The number of amides is 1. The number of methoxy groups -OCH3 is 2. The largest absolute Gasteiger partial charge is 0.497 e. The quantitative estimate of drug-likeness (QED) is 0.612. The van der Waals surface area contributed by atoms with E-state index in [-0.39, 0.29) is 11.9 Å². The van der Waals surface area contributed by atoms with Crippen molar-refractivity contribution in [2.45, 2.75) is 19.0 Å². The maximum Gasteiger partial charge on any atom is 0.226 e. The van der Waals surface area contributed by atoms with Crippen molar-refractivity contribution in [2.75, 3.05) is 31.0 Å². The van der Waals surface area contributed by atoms with E-state index >= 15 is 0 Å². The third-order valence-corrected chi connectivity index (χ3v) is 5.30. The highest BCUT2D eigenvalue weighted by Gasteiger charge is 2.29. The summed E-state index contributed by atoms with van der Waals surface area (Å²) in [6, 6.07) is 23.4. The zero-order valence-electron chi connectivity index (χ0n) is 17.7. The minimum Gasteiger partial charge on any atom is -0.497 e. The number of carbonyl (C=O) groups excluding carboxylic acids is 1. The van der Waals surface area contributed by atoms with Crippen LogP contribution in [0.5, 0.6) is 17.2 Å². The summed E-state index contributed by atoms with van der Waals surface area (Å²) in [5.41, 5.74) is 2.81. The van der Waals surface area contributed by atoms with Gasteiger partial charge in [-0.05, 0) is 17.7 Å². The van der Waals surface area contributed by atoms with Gasteiger partial charge in [-0.2, -0.15) is 0 Å². The van der Waals surface area contributed by atoms with Crippen LogP contribution in [-0.2, 0) is 11.3 Å². The highest BCUT2D eigenvalue weighted by molar-refractivity contribution is 5.92.